The van der Waals surface area contributed by atoms with Crippen LogP contribution < -0.4 is 15.0 Å². The molecule has 0 aliphatic carbocycles. The largest absolute Gasteiger partial charge is 0.497 e. The third-order valence-corrected chi connectivity index (χ3v) is 3.30. The molecular formula is C16H22N2O2. The van der Waals surface area contributed by atoms with Gasteiger partial charge in [0, 0.05) is 18.8 Å². The zero-order valence-electron chi connectivity index (χ0n) is 12.6. The quantitative estimate of drug-likeness (QED) is 0.879. The van der Waals surface area contributed by atoms with Crippen LogP contribution in [0, 0.1) is 6.92 Å². The molecular weight excluding hydrogens is 252 g/mol. The molecule has 0 radical (unpaired) electrons. The van der Waals surface area contributed by atoms with Crippen molar-refractivity contribution in [3.05, 3.63) is 47.4 Å². The van der Waals surface area contributed by atoms with Crippen molar-refractivity contribution < 1.29 is 9.15 Å². The molecule has 1 aromatic carbocycles. The summed E-state index contributed by atoms with van der Waals surface area (Å²) in [5.74, 6) is 2.83. The zero-order chi connectivity index (χ0) is 14.5. The lowest BCUT2D eigenvalue weighted by Crippen LogP contribution is -2.15. The van der Waals surface area contributed by atoms with Crippen LogP contribution in [0.25, 0.3) is 0 Å². The van der Waals surface area contributed by atoms with E-state index in [0.717, 1.165) is 36.0 Å². The maximum atomic E-state index is 5.87. The first-order valence-electron chi connectivity index (χ1n) is 6.72. The van der Waals surface area contributed by atoms with Gasteiger partial charge in [-0.3, -0.25) is 0 Å². The summed E-state index contributed by atoms with van der Waals surface area (Å²) in [5, 5.41) is 3.11. The van der Waals surface area contributed by atoms with Crippen LogP contribution in [0.1, 0.15) is 17.1 Å². The Balaban J connectivity index is 2.10. The van der Waals surface area contributed by atoms with Crippen molar-refractivity contribution in [1.82, 2.24) is 5.32 Å². The number of furan rings is 1. The number of hydrogen-bond donors (Lipinski definition) is 1. The first-order chi connectivity index (χ1) is 9.63. The Morgan fingerprint density at radius 2 is 2.10 bits per heavy atom. The molecule has 0 atom stereocenters. The van der Waals surface area contributed by atoms with E-state index in [1.807, 2.05) is 32.3 Å². The Labute approximate surface area is 120 Å². The van der Waals surface area contributed by atoms with Gasteiger partial charge < -0.3 is 19.4 Å². The highest BCUT2D eigenvalue weighted by atomic mass is 16.5. The number of aryl methyl sites for hydroxylation is 1. The van der Waals surface area contributed by atoms with Crippen LogP contribution in [-0.4, -0.2) is 21.2 Å². The van der Waals surface area contributed by atoms with Gasteiger partial charge in [-0.2, -0.15) is 0 Å². The second-order valence-corrected chi connectivity index (χ2v) is 4.91. The first-order valence-corrected chi connectivity index (χ1v) is 6.72. The average molecular weight is 274 g/mol. The number of hydrogen-bond acceptors (Lipinski definition) is 4. The second-order valence-electron chi connectivity index (χ2n) is 4.91. The number of ether oxygens (including phenoxy) is 1. The highest BCUT2D eigenvalue weighted by Crippen LogP contribution is 2.23. The van der Waals surface area contributed by atoms with E-state index in [2.05, 4.69) is 29.3 Å². The fourth-order valence-corrected chi connectivity index (χ4v) is 2.18. The van der Waals surface area contributed by atoms with Crippen LogP contribution in [0.5, 0.6) is 5.75 Å². The average Bonchev–Trinajstić information content (AvgIpc) is 2.79. The van der Waals surface area contributed by atoms with Crippen molar-refractivity contribution in [2.45, 2.75) is 20.0 Å². The molecule has 1 N–H and O–H groups in total. The van der Waals surface area contributed by atoms with Crippen molar-refractivity contribution >= 4 is 5.69 Å². The summed E-state index contributed by atoms with van der Waals surface area (Å²) in [4.78, 5) is 2.14. The molecule has 0 amide bonds. The highest BCUT2D eigenvalue weighted by molar-refractivity contribution is 5.50. The van der Waals surface area contributed by atoms with Crippen LogP contribution >= 0.6 is 0 Å². The van der Waals surface area contributed by atoms with Gasteiger partial charge in [-0.25, -0.2) is 0 Å². The molecule has 1 aromatic heterocycles. The third-order valence-electron chi connectivity index (χ3n) is 3.30. The lowest BCUT2D eigenvalue weighted by Gasteiger charge is -2.18. The Morgan fingerprint density at radius 1 is 1.30 bits per heavy atom. The van der Waals surface area contributed by atoms with Crippen molar-refractivity contribution in [1.29, 1.82) is 0 Å². The molecule has 1 heterocycles. The number of nitrogens with zero attached hydrogens (tertiary/aromatic N) is 1. The summed E-state index contributed by atoms with van der Waals surface area (Å²) in [6.07, 6.45) is 0. The van der Waals surface area contributed by atoms with E-state index in [4.69, 9.17) is 9.15 Å². The number of anilines is 1. The molecule has 0 spiro atoms. The molecule has 0 aliphatic heterocycles. The van der Waals surface area contributed by atoms with Gasteiger partial charge >= 0.3 is 0 Å². The van der Waals surface area contributed by atoms with Gasteiger partial charge in [0.2, 0.25) is 0 Å². The molecule has 0 aliphatic rings. The van der Waals surface area contributed by atoms with Crippen molar-refractivity contribution in [3.8, 4) is 5.75 Å². The molecule has 2 aromatic rings. The fraction of sp³-hybridized carbons (Fsp3) is 0.375. The van der Waals surface area contributed by atoms with Crippen LogP contribution in [0.3, 0.4) is 0 Å². The SMILES string of the molecule is CNCc1oc(CN(C)c2cccc(OC)c2)cc1C. The van der Waals surface area contributed by atoms with Gasteiger partial charge in [0.25, 0.3) is 0 Å². The second kappa shape index (κ2) is 6.48. The van der Waals surface area contributed by atoms with Crippen molar-refractivity contribution in [3.63, 3.8) is 0 Å². The van der Waals surface area contributed by atoms with Gasteiger partial charge in [-0.05, 0) is 37.7 Å². The van der Waals surface area contributed by atoms with E-state index in [1.165, 1.54) is 5.56 Å². The van der Waals surface area contributed by atoms with Crippen LogP contribution in [0.2, 0.25) is 0 Å². The first kappa shape index (κ1) is 14.5. The van der Waals surface area contributed by atoms with Crippen LogP contribution in [-0.2, 0) is 13.1 Å². The van der Waals surface area contributed by atoms with Gasteiger partial charge in [0.1, 0.15) is 17.3 Å². The lowest BCUT2D eigenvalue weighted by molar-refractivity contribution is 0.414. The summed E-state index contributed by atoms with van der Waals surface area (Å²) >= 11 is 0. The zero-order valence-corrected chi connectivity index (χ0v) is 12.6. The molecule has 4 heteroatoms. The molecule has 108 valence electrons. The monoisotopic (exact) mass is 274 g/mol. The van der Waals surface area contributed by atoms with Gasteiger partial charge in [0.15, 0.2) is 0 Å². The molecule has 0 bridgehead atoms. The summed E-state index contributed by atoms with van der Waals surface area (Å²) in [6, 6.07) is 10.1. The Kier molecular flexibility index (Phi) is 4.69. The Bertz CT molecular complexity index is 563. The predicted molar refractivity (Wildman–Crippen MR) is 81.3 cm³/mol. The summed E-state index contributed by atoms with van der Waals surface area (Å²) < 4.78 is 11.1. The molecule has 0 saturated heterocycles. The third kappa shape index (κ3) is 3.33. The molecule has 2 rings (SSSR count). The minimum atomic E-state index is 0.734. The van der Waals surface area contributed by atoms with E-state index in [0.29, 0.717) is 0 Å². The maximum absolute atomic E-state index is 5.87. The topological polar surface area (TPSA) is 37.6 Å². The normalized spacial score (nSPS) is 10.6. The smallest absolute Gasteiger partial charge is 0.123 e. The van der Waals surface area contributed by atoms with Crippen LogP contribution in [0.15, 0.2) is 34.7 Å². The molecule has 0 unspecified atom stereocenters. The van der Waals surface area contributed by atoms with E-state index in [-0.39, 0.29) is 0 Å². The summed E-state index contributed by atoms with van der Waals surface area (Å²) in [7, 11) is 5.65. The van der Waals surface area contributed by atoms with E-state index in [9.17, 15) is 0 Å². The molecule has 4 nitrogen and oxygen atoms in total. The molecule has 0 fully saturated rings. The fourth-order valence-electron chi connectivity index (χ4n) is 2.18. The number of rotatable bonds is 6. The Hall–Kier alpha value is -1.94. The molecule has 20 heavy (non-hydrogen) atoms. The Morgan fingerprint density at radius 3 is 2.80 bits per heavy atom. The number of benzene rings is 1. The lowest BCUT2D eigenvalue weighted by atomic mass is 10.2. The maximum Gasteiger partial charge on any atom is 0.123 e. The van der Waals surface area contributed by atoms with E-state index in [1.54, 1.807) is 7.11 Å². The van der Waals surface area contributed by atoms with E-state index < -0.39 is 0 Å². The number of methoxy groups -OCH3 is 1. The van der Waals surface area contributed by atoms with Gasteiger partial charge in [-0.15, -0.1) is 0 Å². The number of nitrogens with one attached hydrogen (secondary N) is 1. The van der Waals surface area contributed by atoms with Crippen molar-refractivity contribution in [2.75, 3.05) is 26.1 Å². The minimum Gasteiger partial charge on any atom is -0.497 e. The summed E-state index contributed by atoms with van der Waals surface area (Å²) in [6.45, 7) is 3.57. The standard InChI is InChI=1S/C16H22N2O2/c1-12-8-15(20-16(12)10-17-2)11-18(3)13-6-5-7-14(9-13)19-4/h5-9,17H,10-11H2,1-4H3. The van der Waals surface area contributed by atoms with E-state index >= 15 is 0 Å². The molecule has 0 saturated carbocycles. The van der Waals surface area contributed by atoms with Gasteiger partial charge in [-0.1, -0.05) is 6.07 Å². The summed E-state index contributed by atoms with van der Waals surface area (Å²) in [5.41, 5.74) is 2.29. The van der Waals surface area contributed by atoms with Crippen molar-refractivity contribution in [2.24, 2.45) is 0 Å². The van der Waals surface area contributed by atoms with Gasteiger partial charge in [0.05, 0.1) is 20.2 Å². The highest BCUT2D eigenvalue weighted by Gasteiger charge is 2.10. The predicted octanol–water partition coefficient (Wildman–Crippen LogP) is 2.95. The van der Waals surface area contributed by atoms with Crippen LogP contribution in [0.4, 0.5) is 5.69 Å². The minimum absolute atomic E-state index is 0.734.